The molecule has 1 heterocycles. The number of nitrogens with zero attached hydrogens (tertiary/aromatic N) is 2. The second kappa shape index (κ2) is 14.1. The molecule has 0 aliphatic heterocycles. The highest BCUT2D eigenvalue weighted by molar-refractivity contribution is 7.89. The molecule has 1 atom stereocenters. The first-order valence-electron chi connectivity index (χ1n) is 13.6. The fourth-order valence-electron chi connectivity index (χ4n) is 5.65. The summed E-state index contributed by atoms with van der Waals surface area (Å²) < 4.78 is 38.7. The van der Waals surface area contributed by atoms with E-state index < -0.39 is 10.0 Å². The van der Waals surface area contributed by atoms with Gasteiger partial charge in [-0.15, -0.1) is 11.3 Å². The van der Waals surface area contributed by atoms with Crippen LogP contribution in [0.5, 0.6) is 5.75 Å². The summed E-state index contributed by atoms with van der Waals surface area (Å²) in [6.07, 6.45) is 4.53. The highest BCUT2D eigenvalue weighted by Crippen LogP contribution is 2.40. The van der Waals surface area contributed by atoms with Crippen molar-refractivity contribution >= 4 is 27.3 Å². The van der Waals surface area contributed by atoms with Crippen molar-refractivity contribution in [1.82, 2.24) is 14.5 Å². The molecule has 3 rings (SSSR count). The average Bonchev–Trinajstić information content (AvgIpc) is 3.42. The van der Waals surface area contributed by atoms with Crippen molar-refractivity contribution in [2.45, 2.75) is 57.4 Å². The topological polar surface area (TPSA) is 88.2 Å². The van der Waals surface area contributed by atoms with Crippen LogP contribution in [0.3, 0.4) is 0 Å². The van der Waals surface area contributed by atoms with Gasteiger partial charge in [-0.2, -0.15) is 4.31 Å². The second-order valence-corrected chi connectivity index (χ2v) is 13.8. The Morgan fingerprint density at radius 3 is 2.41 bits per heavy atom. The first-order chi connectivity index (χ1) is 18.5. The van der Waals surface area contributed by atoms with Crippen LogP contribution >= 0.6 is 11.3 Å². The first kappa shape index (κ1) is 31.5. The van der Waals surface area contributed by atoms with E-state index >= 15 is 0 Å². The van der Waals surface area contributed by atoms with Gasteiger partial charge in [0.2, 0.25) is 15.9 Å². The van der Waals surface area contributed by atoms with Crippen LogP contribution in [0.4, 0.5) is 0 Å². The molecule has 1 aliphatic carbocycles. The van der Waals surface area contributed by atoms with Crippen molar-refractivity contribution in [2.24, 2.45) is 11.8 Å². The lowest BCUT2D eigenvalue weighted by Crippen LogP contribution is -2.36. The van der Waals surface area contributed by atoms with Gasteiger partial charge in [0.1, 0.15) is 12.4 Å². The molecule has 1 saturated carbocycles. The number of rotatable bonds is 13. The number of likely N-dealkylation sites (N-methyl/N-ethyl adjacent to an activating group) is 1. The minimum Gasteiger partial charge on any atom is -0.496 e. The van der Waals surface area contributed by atoms with E-state index in [1.807, 2.05) is 18.3 Å². The van der Waals surface area contributed by atoms with Crippen LogP contribution < -0.4 is 10.1 Å². The molecule has 2 aromatic rings. The number of hydrogen-bond acceptors (Lipinski definition) is 7. The predicted octanol–water partition coefficient (Wildman–Crippen LogP) is 4.54. The molecule has 0 spiro atoms. The van der Waals surface area contributed by atoms with Crippen molar-refractivity contribution in [2.75, 3.05) is 54.6 Å². The quantitative estimate of drug-likeness (QED) is 0.351. The van der Waals surface area contributed by atoms with Gasteiger partial charge in [0.15, 0.2) is 0 Å². The van der Waals surface area contributed by atoms with E-state index in [0.717, 1.165) is 31.2 Å². The van der Waals surface area contributed by atoms with E-state index in [4.69, 9.17) is 9.47 Å². The number of thiophene rings is 1. The van der Waals surface area contributed by atoms with E-state index in [9.17, 15) is 13.2 Å². The Bertz CT molecular complexity index is 1190. The van der Waals surface area contributed by atoms with Crippen molar-refractivity contribution < 1.29 is 22.7 Å². The number of sulfonamides is 1. The van der Waals surface area contributed by atoms with Gasteiger partial charge < -0.3 is 19.7 Å². The number of hydrogen-bond donors (Lipinski definition) is 1. The van der Waals surface area contributed by atoms with Gasteiger partial charge in [0.05, 0.1) is 18.6 Å². The van der Waals surface area contributed by atoms with Crippen molar-refractivity contribution in [3.63, 3.8) is 0 Å². The highest BCUT2D eigenvalue weighted by atomic mass is 32.2. The normalized spacial score (nSPS) is 18.9. The maximum Gasteiger partial charge on any atom is 0.246 e. The molecule has 1 aliphatic rings. The third kappa shape index (κ3) is 7.82. The fraction of sp³-hybridized carbons (Fsp3) is 0.621. The SMILES string of the molecule is COc1cc(C)c(S(=O)(=O)N(C)CCOCC(=O)NCC2CCC(C(c3cccs3)N(C)C)CC2)c(C)c1C. The van der Waals surface area contributed by atoms with Gasteiger partial charge in [-0.1, -0.05) is 6.07 Å². The molecule has 218 valence electrons. The Kier molecular flexibility index (Phi) is 11.4. The number of benzene rings is 1. The van der Waals surface area contributed by atoms with Crippen molar-refractivity contribution in [3.8, 4) is 5.75 Å². The summed E-state index contributed by atoms with van der Waals surface area (Å²) in [5, 5.41) is 5.16. The molecular weight excluding hydrogens is 534 g/mol. The zero-order valence-corrected chi connectivity index (χ0v) is 26.1. The first-order valence-corrected chi connectivity index (χ1v) is 15.9. The fourth-order valence-corrected chi connectivity index (χ4v) is 8.30. The maximum absolute atomic E-state index is 13.2. The molecule has 0 saturated heterocycles. The average molecular weight is 580 g/mol. The summed E-state index contributed by atoms with van der Waals surface area (Å²) in [5.41, 5.74) is 2.12. The molecule has 8 nitrogen and oxygen atoms in total. The van der Waals surface area contributed by atoms with Crippen LogP contribution in [0, 0.1) is 32.6 Å². The van der Waals surface area contributed by atoms with Gasteiger partial charge in [0.25, 0.3) is 0 Å². The Morgan fingerprint density at radius 2 is 1.82 bits per heavy atom. The summed E-state index contributed by atoms with van der Waals surface area (Å²) in [5.74, 6) is 1.62. The van der Waals surface area contributed by atoms with E-state index in [-0.39, 0.29) is 25.7 Å². The third-order valence-electron chi connectivity index (χ3n) is 7.97. The summed E-state index contributed by atoms with van der Waals surface area (Å²) in [6, 6.07) is 6.57. The molecule has 1 fully saturated rings. The van der Waals surface area contributed by atoms with Crippen LogP contribution in [0.25, 0.3) is 0 Å². The van der Waals surface area contributed by atoms with E-state index in [0.29, 0.717) is 46.2 Å². The largest absolute Gasteiger partial charge is 0.496 e. The molecule has 39 heavy (non-hydrogen) atoms. The Morgan fingerprint density at radius 1 is 1.13 bits per heavy atom. The monoisotopic (exact) mass is 579 g/mol. The smallest absolute Gasteiger partial charge is 0.246 e. The van der Waals surface area contributed by atoms with Crippen LogP contribution in [0.2, 0.25) is 0 Å². The predicted molar refractivity (Wildman–Crippen MR) is 157 cm³/mol. The molecule has 1 aromatic carbocycles. The number of aryl methyl sites for hydroxylation is 1. The molecule has 1 aromatic heterocycles. The van der Waals surface area contributed by atoms with Gasteiger partial charge in [-0.3, -0.25) is 4.79 Å². The molecular formula is C29H45N3O5S2. The summed E-state index contributed by atoms with van der Waals surface area (Å²) in [7, 11) is 3.72. The van der Waals surface area contributed by atoms with Gasteiger partial charge in [0, 0.05) is 31.1 Å². The lowest BCUT2D eigenvalue weighted by atomic mass is 9.77. The zero-order chi connectivity index (χ0) is 28.7. The Labute approximate surface area is 238 Å². The van der Waals surface area contributed by atoms with Gasteiger partial charge in [-0.25, -0.2) is 8.42 Å². The number of nitrogens with one attached hydrogen (secondary N) is 1. The lowest BCUT2D eigenvalue weighted by molar-refractivity contribution is -0.126. The van der Waals surface area contributed by atoms with E-state index in [1.165, 1.54) is 16.2 Å². The lowest BCUT2D eigenvalue weighted by Gasteiger charge is -2.37. The second-order valence-electron chi connectivity index (χ2n) is 10.9. The number of carbonyl (C=O) groups excluding carboxylic acids is 1. The Balaban J connectivity index is 1.40. The summed E-state index contributed by atoms with van der Waals surface area (Å²) in [4.78, 5) is 16.4. The van der Waals surface area contributed by atoms with Gasteiger partial charge in [-0.05, 0) is 107 Å². The Hall–Kier alpha value is -1.98. The van der Waals surface area contributed by atoms with Crippen molar-refractivity contribution in [1.29, 1.82) is 0 Å². The minimum atomic E-state index is -3.71. The van der Waals surface area contributed by atoms with Gasteiger partial charge >= 0.3 is 0 Å². The summed E-state index contributed by atoms with van der Waals surface area (Å²) in [6.45, 7) is 6.29. The standard InChI is InChI=1S/C29H45N3O5S2/c1-20-17-25(36-7)21(2)22(3)29(20)39(34,35)32(6)14-15-37-19-27(33)30-18-23-10-12-24(13-11-23)28(31(4)5)26-9-8-16-38-26/h8-9,16-17,23-24,28H,10-15,18-19H2,1-7H3,(H,30,33). The van der Waals surface area contributed by atoms with Crippen LogP contribution in [-0.4, -0.2) is 78.1 Å². The molecule has 1 amide bonds. The minimum absolute atomic E-state index is 0.0794. The molecule has 1 N–H and O–H groups in total. The zero-order valence-electron chi connectivity index (χ0n) is 24.5. The van der Waals surface area contributed by atoms with Crippen molar-refractivity contribution in [3.05, 3.63) is 45.1 Å². The number of methoxy groups -OCH3 is 1. The number of amides is 1. The molecule has 0 bridgehead atoms. The third-order valence-corrected chi connectivity index (χ3v) is 11.1. The summed E-state index contributed by atoms with van der Waals surface area (Å²) >= 11 is 1.83. The molecule has 1 unspecified atom stereocenters. The number of ether oxygens (including phenoxy) is 2. The molecule has 0 radical (unpaired) electrons. The number of carbonyl (C=O) groups is 1. The van der Waals surface area contributed by atoms with Crippen LogP contribution in [0.15, 0.2) is 28.5 Å². The maximum atomic E-state index is 13.2. The highest BCUT2D eigenvalue weighted by Gasteiger charge is 2.31. The van der Waals surface area contributed by atoms with Crippen LogP contribution in [-0.2, 0) is 19.6 Å². The van der Waals surface area contributed by atoms with E-state index in [2.05, 4.69) is 41.8 Å². The van der Waals surface area contributed by atoms with Crippen LogP contribution in [0.1, 0.15) is 53.3 Å². The molecule has 10 heteroatoms. The van der Waals surface area contributed by atoms with E-state index in [1.54, 1.807) is 27.0 Å².